The van der Waals surface area contributed by atoms with Gasteiger partial charge in [0, 0.05) is 49.7 Å². The molecule has 6 rings (SSSR count). The van der Waals surface area contributed by atoms with Crippen molar-refractivity contribution in [3.63, 3.8) is 0 Å². The number of nitrogens with zero attached hydrogens (tertiary/aromatic N) is 8. The van der Waals surface area contributed by atoms with Gasteiger partial charge in [-0.25, -0.2) is 9.97 Å². The molecule has 2 fully saturated rings. The van der Waals surface area contributed by atoms with Crippen molar-refractivity contribution in [3.05, 3.63) is 47.6 Å². The molecule has 2 unspecified atom stereocenters. The molecule has 4 aromatic heterocycles. The summed E-state index contributed by atoms with van der Waals surface area (Å²) in [5, 5.41) is 0. The number of rotatable bonds is 6. The Kier molecular flexibility index (Phi) is 7.21. The number of likely N-dealkylation sites (tertiary alicyclic amines) is 2. The SMILES string of the molecule is Cc1cc2nc(C)n(C3CCN(C(C)C(=O)C(C)N4CCC(n5c(C)nc6cc(C)ncc65)CC4)CC3)c2cn1. The molecule has 2 aliphatic heterocycles. The molecule has 9 nitrogen and oxygen atoms in total. The van der Waals surface area contributed by atoms with Crippen LogP contribution in [-0.2, 0) is 4.79 Å². The summed E-state index contributed by atoms with van der Waals surface area (Å²) >= 11 is 0. The smallest absolute Gasteiger partial charge is 0.166 e. The lowest BCUT2D eigenvalue weighted by atomic mass is 9.97. The van der Waals surface area contributed by atoms with Crippen LogP contribution in [0.3, 0.4) is 0 Å². The molecule has 6 heterocycles. The minimum Gasteiger partial charge on any atom is -0.324 e. The molecule has 4 aromatic rings. The molecule has 0 radical (unpaired) electrons. The van der Waals surface area contributed by atoms with Crippen molar-refractivity contribution >= 4 is 27.9 Å². The van der Waals surface area contributed by atoms with E-state index < -0.39 is 0 Å². The number of hydrogen-bond acceptors (Lipinski definition) is 7. The summed E-state index contributed by atoms with van der Waals surface area (Å²) in [5.41, 5.74) is 6.28. The third-order valence-electron chi connectivity index (χ3n) is 9.43. The zero-order chi connectivity index (χ0) is 28.1. The zero-order valence-electron chi connectivity index (χ0n) is 24.8. The molecule has 0 bridgehead atoms. The van der Waals surface area contributed by atoms with E-state index in [1.165, 1.54) is 0 Å². The highest BCUT2D eigenvalue weighted by Gasteiger charge is 2.34. The normalized spacial score (nSPS) is 19.9. The quantitative estimate of drug-likeness (QED) is 0.348. The fourth-order valence-electron chi connectivity index (χ4n) is 7.13. The second-order valence-corrected chi connectivity index (χ2v) is 12.0. The number of Topliss-reactive ketones (excluding diaryl/α,β-unsaturated/α-hetero) is 1. The largest absolute Gasteiger partial charge is 0.324 e. The van der Waals surface area contributed by atoms with E-state index in [1.54, 1.807) is 0 Å². The zero-order valence-corrected chi connectivity index (χ0v) is 24.8. The van der Waals surface area contributed by atoms with Crippen molar-refractivity contribution in [1.29, 1.82) is 0 Å². The van der Waals surface area contributed by atoms with Crippen molar-refractivity contribution < 1.29 is 4.79 Å². The van der Waals surface area contributed by atoms with Gasteiger partial charge < -0.3 is 9.13 Å². The third kappa shape index (κ3) is 4.83. The minimum atomic E-state index is -0.0761. The first kappa shape index (κ1) is 27.0. The Morgan fingerprint density at radius 2 is 1.07 bits per heavy atom. The molecule has 0 N–H and O–H groups in total. The van der Waals surface area contributed by atoms with Gasteiger partial charge in [-0.15, -0.1) is 0 Å². The van der Waals surface area contributed by atoms with E-state index in [4.69, 9.17) is 9.97 Å². The Hall–Kier alpha value is -3.17. The van der Waals surface area contributed by atoms with Crippen LogP contribution in [0.4, 0.5) is 0 Å². The summed E-state index contributed by atoms with van der Waals surface area (Å²) in [6, 6.07) is 4.77. The second-order valence-electron chi connectivity index (χ2n) is 12.0. The molecule has 212 valence electrons. The first-order valence-corrected chi connectivity index (χ1v) is 14.9. The van der Waals surface area contributed by atoms with Gasteiger partial charge in [0.1, 0.15) is 11.6 Å². The maximum atomic E-state index is 13.7. The molecule has 9 heteroatoms. The molecule has 2 aliphatic rings. The molecule has 0 saturated carbocycles. The summed E-state index contributed by atoms with van der Waals surface area (Å²) in [5.74, 6) is 2.43. The number of fused-ring (bicyclic) bond motifs is 2. The van der Waals surface area contributed by atoms with E-state index in [0.29, 0.717) is 17.9 Å². The first-order chi connectivity index (χ1) is 19.2. The summed E-state index contributed by atoms with van der Waals surface area (Å²) in [4.78, 5) is 37.0. The van der Waals surface area contributed by atoms with Crippen molar-refractivity contribution in [2.24, 2.45) is 0 Å². The van der Waals surface area contributed by atoms with Gasteiger partial charge >= 0.3 is 0 Å². The molecular formula is C31H42N8O. The van der Waals surface area contributed by atoms with Crippen LogP contribution >= 0.6 is 0 Å². The molecule has 40 heavy (non-hydrogen) atoms. The van der Waals surface area contributed by atoms with Crippen LogP contribution in [-0.4, -0.2) is 82.9 Å². The highest BCUT2D eigenvalue weighted by Crippen LogP contribution is 2.32. The first-order valence-electron chi connectivity index (χ1n) is 14.9. The number of carbonyl (C=O) groups is 1. The Balaban J connectivity index is 1.06. The van der Waals surface area contributed by atoms with Crippen LogP contribution in [0.25, 0.3) is 22.1 Å². The highest BCUT2D eigenvalue weighted by atomic mass is 16.1. The number of carbonyl (C=O) groups excluding carboxylic acids is 1. The minimum absolute atomic E-state index is 0.0761. The molecule has 2 atom stereocenters. The number of piperidine rings is 2. The van der Waals surface area contributed by atoms with E-state index in [2.05, 4.69) is 68.7 Å². The van der Waals surface area contributed by atoms with Crippen LogP contribution in [0.1, 0.15) is 74.7 Å². The van der Waals surface area contributed by atoms with Crippen LogP contribution in [0, 0.1) is 27.7 Å². The molecule has 0 aromatic carbocycles. The number of imidazole rings is 2. The van der Waals surface area contributed by atoms with E-state index in [0.717, 1.165) is 97.0 Å². The number of hydrogen-bond donors (Lipinski definition) is 0. The van der Waals surface area contributed by atoms with Crippen molar-refractivity contribution in [2.45, 2.75) is 91.4 Å². The van der Waals surface area contributed by atoms with Crippen molar-refractivity contribution in [2.75, 3.05) is 26.2 Å². The average Bonchev–Trinajstić information content (AvgIpc) is 3.45. The average molecular weight is 543 g/mol. The van der Waals surface area contributed by atoms with Crippen LogP contribution in [0.2, 0.25) is 0 Å². The van der Waals surface area contributed by atoms with Crippen LogP contribution in [0.15, 0.2) is 24.5 Å². The van der Waals surface area contributed by atoms with Gasteiger partial charge in [-0.05, 0) is 79.4 Å². The fourth-order valence-corrected chi connectivity index (χ4v) is 7.13. The molecule has 0 amide bonds. The summed E-state index contributed by atoms with van der Waals surface area (Å²) in [7, 11) is 0. The Morgan fingerprint density at radius 3 is 1.45 bits per heavy atom. The maximum Gasteiger partial charge on any atom is 0.166 e. The fraction of sp³-hybridized carbons (Fsp3) is 0.581. The Bertz CT molecular complexity index is 1420. The van der Waals surface area contributed by atoms with E-state index in [1.807, 2.05) is 26.2 Å². The van der Waals surface area contributed by atoms with E-state index in [9.17, 15) is 4.79 Å². The summed E-state index contributed by atoms with van der Waals surface area (Å²) < 4.78 is 4.72. The topological polar surface area (TPSA) is 85.0 Å². The molecule has 0 spiro atoms. The maximum absolute atomic E-state index is 13.7. The highest BCUT2D eigenvalue weighted by molar-refractivity contribution is 5.88. The second kappa shape index (κ2) is 10.7. The van der Waals surface area contributed by atoms with Crippen LogP contribution in [0.5, 0.6) is 0 Å². The lowest BCUT2D eigenvalue weighted by Gasteiger charge is -2.40. The number of pyridine rings is 2. The monoisotopic (exact) mass is 542 g/mol. The van der Waals surface area contributed by atoms with Gasteiger partial charge in [-0.3, -0.25) is 24.6 Å². The van der Waals surface area contributed by atoms with Gasteiger partial charge in [-0.1, -0.05) is 0 Å². The van der Waals surface area contributed by atoms with E-state index in [-0.39, 0.29) is 12.1 Å². The Morgan fingerprint density at radius 1 is 0.700 bits per heavy atom. The number of aromatic nitrogens is 6. The number of ketones is 1. The van der Waals surface area contributed by atoms with Crippen molar-refractivity contribution in [3.8, 4) is 0 Å². The lowest BCUT2D eigenvalue weighted by Crippen LogP contribution is -2.52. The Labute approximate surface area is 236 Å². The van der Waals surface area contributed by atoms with Gasteiger partial charge in [-0.2, -0.15) is 0 Å². The van der Waals surface area contributed by atoms with Crippen molar-refractivity contribution in [1.82, 2.24) is 38.9 Å². The molecule has 0 aliphatic carbocycles. The van der Waals surface area contributed by atoms with E-state index >= 15 is 0 Å². The third-order valence-corrected chi connectivity index (χ3v) is 9.43. The van der Waals surface area contributed by atoms with Gasteiger partial charge in [0.25, 0.3) is 0 Å². The van der Waals surface area contributed by atoms with Gasteiger partial charge in [0.15, 0.2) is 5.78 Å². The number of aryl methyl sites for hydroxylation is 4. The standard InChI is InChI=1S/C31H42N8O/c1-19-15-27-29(17-32-19)38(23(5)34-27)25-7-11-36(12-8-25)21(3)31(40)22(4)37-13-9-26(10-14-37)39-24(6)35-28-16-20(2)33-18-30(28)39/h15-18,21-22,25-26H,7-14H2,1-6H3. The van der Waals surface area contributed by atoms with Gasteiger partial charge in [0.05, 0.1) is 46.5 Å². The predicted octanol–water partition coefficient (Wildman–Crippen LogP) is 4.73. The van der Waals surface area contributed by atoms with Crippen LogP contribution < -0.4 is 0 Å². The predicted molar refractivity (Wildman–Crippen MR) is 158 cm³/mol. The lowest BCUT2D eigenvalue weighted by molar-refractivity contribution is -0.129. The molecule has 2 saturated heterocycles. The molecular weight excluding hydrogens is 500 g/mol. The van der Waals surface area contributed by atoms with Gasteiger partial charge in [0.2, 0.25) is 0 Å². The summed E-state index contributed by atoms with van der Waals surface area (Å²) in [6.07, 6.45) is 7.99. The summed E-state index contributed by atoms with van der Waals surface area (Å²) in [6.45, 7) is 16.1.